The highest BCUT2D eigenvalue weighted by Crippen LogP contribution is 2.33. The molecule has 2 aromatic rings. The van der Waals surface area contributed by atoms with E-state index < -0.39 is 0 Å². The van der Waals surface area contributed by atoms with Crippen LogP contribution < -0.4 is 11.1 Å². The molecule has 0 aliphatic carbocycles. The molecule has 110 valence electrons. The zero-order chi connectivity index (χ0) is 15.4. The summed E-state index contributed by atoms with van der Waals surface area (Å²) in [5.74, 6) is -0.141. The molecule has 0 saturated heterocycles. The minimum absolute atomic E-state index is 0.141. The molecule has 0 aliphatic rings. The van der Waals surface area contributed by atoms with Gasteiger partial charge in [0.05, 0.1) is 15.7 Å². The molecule has 3 N–H and O–H groups in total. The number of nitrogens with one attached hydrogen (secondary N) is 1. The number of anilines is 2. The second kappa shape index (κ2) is 7.16. The van der Waals surface area contributed by atoms with Crippen molar-refractivity contribution in [1.29, 1.82) is 0 Å². The van der Waals surface area contributed by atoms with Crippen molar-refractivity contribution in [3.05, 3.63) is 56.5 Å². The molecule has 0 aromatic heterocycles. The maximum Gasteiger partial charge on any atom is 0.224 e. The number of halogens is 3. The van der Waals surface area contributed by atoms with E-state index in [-0.39, 0.29) is 5.91 Å². The van der Waals surface area contributed by atoms with Gasteiger partial charge in [-0.2, -0.15) is 0 Å². The summed E-state index contributed by atoms with van der Waals surface area (Å²) in [7, 11) is 0. The predicted molar refractivity (Wildman–Crippen MR) is 92.0 cm³/mol. The topological polar surface area (TPSA) is 55.1 Å². The first-order valence-corrected chi connectivity index (χ1v) is 7.79. The van der Waals surface area contributed by atoms with Gasteiger partial charge in [-0.3, -0.25) is 4.79 Å². The van der Waals surface area contributed by atoms with Gasteiger partial charge >= 0.3 is 0 Å². The Morgan fingerprint density at radius 2 is 1.71 bits per heavy atom. The van der Waals surface area contributed by atoms with Crippen LogP contribution in [0, 0.1) is 0 Å². The van der Waals surface area contributed by atoms with Crippen LogP contribution in [0.3, 0.4) is 0 Å². The van der Waals surface area contributed by atoms with E-state index in [2.05, 4.69) is 21.2 Å². The lowest BCUT2D eigenvalue weighted by atomic mass is 10.1. The summed E-state index contributed by atoms with van der Waals surface area (Å²) in [6.45, 7) is 0. The number of rotatable bonds is 4. The average Bonchev–Trinajstić information content (AvgIpc) is 2.42. The highest BCUT2D eigenvalue weighted by molar-refractivity contribution is 9.10. The summed E-state index contributed by atoms with van der Waals surface area (Å²) in [4.78, 5) is 12.0. The number of hydrogen-bond acceptors (Lipinski definition) is 2. The van der Waals surface area contributed by atoms with Crippen LogP contribution in [0.5, 0.6) is 0 Å². The minimum Gasteiger partial charge on any atom is -0.399 e. The Hall–Kier alpha value is -1.23. The van der Waals surface area contributed by atoms with E-state index in [1.54, 1.807) is 12.1 Å². The summed E-state index contributed by atoms with van der Waals surface area (Å²) in [6.07, 6.45) is 0.963. The van der Waals surface area contributed by atoms with Gasteiger partial charge in [-0.05, 0) is 36.2 Å². The molecule has 2 rings (SSSR count). The van der Waals surface area contributed by atoms with Gasteiger partial charge < -0.3 is 11.1 Å². The van der Waals surface area contributed by atoms with Gasteiger partial charge in [-0.15, -0.1) is 0 Å². The standard InChI is InChI=1S/C15H13BrCl2N2O/c16-10-7-12(17)15(13(18)8-10)20-14(21)6-3-9-1-4-11(19)5-2-9/h1-2,4-5,7-8H,3,6,19H2,(H,20,21). The third-order valence-electron chi connectivity index (χ3n) is 2.89. The Labute approximate surface area is 141 Å². The Bertz CT molecular complexity index is 636. The second-order valence-electron chi connectivity index (χ2n) is 4.53. The lowest BCUT2D eigenvalue weighted by Crippen LogP contribution is -2.13. The van der Waals surface area contributed by atoms with Gasteiger partial charge in [0.15, 0.2) is 0 Å². The molecule has 0 saturated carbocycles. The lowest BCUT2D eigenvalue weighted by Gasteiger charge is -2.10. The summed E-state index contributed by atoms with van der Waals surface area (Å²) in [5.41, 5.74) is 7.81. The van der Waals surface area contributed by atoms with Crippen molar-refractivity contribution >= 4 is 56.4 Å². The molecule has 0 atom stereocenters. The first-order valence-electron chi connectivity index (χ1n) is 6.24. The largest absolute Gasteiger partial charge is 0.399 e. The number of nitrogens with two attached hydrogens (primary N) is 1. The molecule has 0 fully saturated rings. The smallest absolute Gasteiger partial charge is 0.224 e. The van der Waals surface area contributed by atoms with Crippen molar-refractivity contribution in [3.8, 4) is 0 Å². The number of aryl methyl sites for hydroxylation is 1. The molecule has 21 heavy (non-hydrogen) atoms. The van der Waals surface area contributed by atoms with E-state index in [9.17, 15) is 4.79 Å². The number of carbonyl (C=O) groups is 1. The molecule has 6 heteroatoms. The number of amides is 1. The molecule has 2 aromatic carbocycles. The zero-order valence-corrected chi connectivity index (χ0v) is 14.1. The van der Waals surface area contributed by atoms with Crippen molar-refractivity contribution in [2.24, 2.45) is 0 Å². The molecular weight excluding hydrogens is 375 g/mol. The van der Waals surface area contributed by atoms with E-state index in [4.69, 9.17) is 28.9 Å². The molecule has 3 nitrogen and oxygen atoms in total. The van der Waals surface area contributed by atoms with E-state index in [0.717, 1.165) is 10.0 Å². The first-order chi connectivity index (χ1) is 9.95. The van der Waals surface area contributed by atoms with Crippen molar-refractivity contribution in [2.75, 3.05) is 11.1 Å². The van der Waals surface area contributed by atoms with Crippen molar-refractivity contribution in [2.45, 2.75) is 12.8 Å². The van der Waals surface area contributed by atoms with Gasteiger partial charge in [0, 0.05) is 16.6 Å². The summed E-state index contributed by atoms with van der Waals surface area (Å²) >= 11 is 15.4. The van der Waals surface area contributed by atoms with E-state index in [1.165, 1.54) is 0 Å². The van der Waals surface area contributed by atoms with E-state index >= 15 is 0 Å². The summed E-state index contributed by atoms with van der Waals surface area (Å²) in [5, 5.41) is 3.54. The highest BCUT2D eigenvalue weighted by Gasteiger charge is 2.11. The average molecular weight is 388 g/mol. The zero-order valence-electron chi connectivity index (χ0n) is 11.0. The highest BCUT2D eigenvalue weighted by atomic mass is 79.9. The van der Waals surface area contributed by atoms with Crippen LogP contribution in [0.15, 0.2) is 40.9 Å². The van der Waals surface area contributed by atoms with Gasteiger partial charge in [0.2, 0.25) is 5.91 Å². The van der Waals surface area contributed by atoms with Crippen LogP contribution in [0.4, 0.5) is 11.4 Å². The second-order valence-corrected chi connectivity index (χ2v) is 6.26. The SMILES string of the molecule is Nc1ccc(CCC(=O)Nc2c(Cl)cc(Br)cc2Cl)cc1. The Kier molecular flexibility index (Phi) is 5.51. The van der Waals surface area contributed by atoms with E-state index in [0.29, 0.717) is 34.3 Å². The fourth-order valence-corrected chi connectivity index (χ4v) is 3.11. The summed E-state index contributed by atoms with van der Waals surface area (Å²) in [6, 6.07) is 10.8. The maximum absolute atomic E-state index is 12.0. The van der Waals surface area contributed by atoms with Crippen LogP contribution in [-0.4, -0.2) is 5.91 Å². The van der Waals surface area contributed by atoms with Crippen LogP contribution in [0.25, 0.3) is 0 Å². The van der Waals surface area contributed by atoms with Crippen LogP contribution >= 0.6 is 39.1 Å². The van der Waals surface area contributed by atoms with Crippen molar-refractivity contribution in [3.63, 3.8) is 0 Å². The van der Waals surface area contributed by atoms with Gasteiger partial charge in [0.25, 0.3) is 0 Å². The molecule has 0 heterocycles. The number of benzene rings is 2. The predicted octanol–water partition coefficient (Wildman–Crippen LogP) is 4.91. The molecule has 0 unspecified atom stereocenters. The number of nitrogen functional groups attached to an aromatic ring is 1. The monoisotopic (exact) mass is 386 g/mol. The third kappa shape index (κ3) is 4.63. The van der Waals surface area contributed by atoms with Crippen LogP contribution in [0.1, 0.15) is 12.0 Å². The van der Waals surface area contributed by atoms with Gasteiger partial charge in [-0.1, -0.05) is 51.3 Å². The van der Waals surface area contributed by atoms with E-state index in [1.807, 2.05) is 24.3 Å². The molecule has 0 radical (unpaired) electrons. The quantitative estimate of drug-likeness (QED) is 0.732. The van der Waals surface area contributed by atoms with Crippen molar-refractivity contribution < 1.29 is 4.79 Å². The molecule has 1 amide bonds. The van der Waals surface area contributed by atoms with Crippen molar-refractivity contribution in [1.82, 2.24) is 0 Å². The molecule has 0 spiro atoms. The molecule has 0 aliphatic heterocycles. The number of carbonyl (C=O) groups excluding carboxylic acids is 1. The van der Waals surface area contributed by atoms with Crippen LogP contribution in [0.2, 0.25) is 10.0 Å². The summed E-state index contributed by atoms with van der Waals surface area (Å²) < 4.78 is 0.761. The maximum atomic E-state index is 12.0. The third-order valence-corrected chi connectivity index (χ3v) is 3.95. The van der Waals surface area contributed by atoms with Gasteiger partial charge in [0.1, 0.15) is 0 Å². The van der Waals surface area contributed by atoms with Crippen LogP contribution in [-0.2, 0) is 11.2 Å². The fraction of sp³-hybridized carbons (Fsp3) is 0.133. The Balaban J connectivity index is 1.97. The van der Waals surface area contributed by atoms with Gasteiger partial charge in [-0.25, -0.2) is 0 Å². The lowest BCUT2D eigenvalue weighted by molar-refractivity contribution is -0.116. The first kappa shape index (κ1) is 16.1. The molecule has 0 bridgehead atoms. The normalized spacial score (nSPS) is 10.4. The Morgan fingerprint density at radius 3 is 2.29 bits per heavy atom. The molecular formula is C15H13BrCl2N2O. The minimum atomic E-state index is -0.141. The fourth-order valence-electron chi connectivity index (χ4n) is 1.81. The Morgan fingerprint density at radius 1 is 1.14 bits per heavy atom. The number of hydrogen-bond donors (Lipinski definition) is 2.